The minimum atomic E-state index is -3.88. The molecule has 0 aromatic carbocycles. The van der Waals surface area contributed by atoms with Crippen LogP contribution in [0.3, 0.4) is 0 Å². The van der Waals surface area contributed by atoms with E-state index in [4.69, 9.17) is 9.88 Å². The van der Waals surface area contributed by atoms with Crippen molar-refractivity contribution in [3.63, 3.8) is 0 Å². The lowest BCUT2D eigenvalue weighted by Gasteiger charge is -2.13. The van der Waals surface area contributed by atoms with Gasteiger partial charge in [0.2, 0.25) is 16.4 Å². The summed E-state index contributed by atoms with van der Waals surface area (Å²) in [7, 11) is -2.47. The van der Waals surface area contributed by atoms with E-state index in [0.29, 0.717) is 0 Å². The Morgan fingerprint density at radius 3 is 2.76 bits per heavy atom. The Morgan fingerprint density at radius 1 is 1.71 bits per heavy atom. The molecule has 9 nitrogen and oxygen atoms in total. The van der Waals surface area contributed by atoms with Crippen LogP contribution < -0.4 is 5.14 Å². The summed E-state index contributed by atoms with van der Waals surface area (Å²) in [6, 6.07) is 0. The third kappa shape index (κ3) is 3.47. The first kappa shape index (κ1) is 13.5. The fourth-order valence-electron chi connectivity index (χ4n) is 1.28. The van der Waals surface area contributed by atoms with E-state index in [-0.39, 0.29) is 13.0 Å². The zero-order valence-electron chi connectivity index (χ0n) is 9.01. The molecule has 0 amide bonds. The molecule has 1 unspecified atom stereocenters. The number of hydrogen-bond donors (Lipinski definition) is 1. The number of nitro groups is 1. The molecule has 2 N–H and O–H groups in total. The molecular weight excluding hydrogens is 252 g/mol. The van der Waals surface area contributed by atoms with Gasteiger partial charge < -0.3 is 14.9 Å². The number of methoxy groups -OCH3 is 1. The summed E-state index contributed by atoms with van der Waals surface area (Å²) in [5.41, 5.74) is 0. The van der Waals surface area contributed by atoms with E-state index in [1.807, 2.05) is 0 Å². The first-order valence-electron chi connectivity index (χ1n) is 4.54. The van der Waals surface area contributed by atoms with Gasteiger partial charge in [0.25, 0.3) is 0 Å². The molecule has 1 rings (SSSR count). The van der Waals surface area contributed by atoms with E-state index >= 15 is 0 Å². The average molecular weight is 264 g/mol. The van der Waals surface area contributed by atoms with Gasteiger partial charge in [0.15, 0.2) is 5.37 Å². The molecule has 0 saturated carbocycles. The molecule has 0 aliphatic rings. The van der Waals surface area contributed by atoms with E-state index in [2.05, 4.69) is 4.98 Å². The second-order valence-corrected chi connectivity index (χ2v) is 4.98. The zero-order valence-corrected chi connectivity index (χ0v) is 9.83. The molecule has 10 heteroatoms. The van der Waals surface area contributed by atoms with E-state index < -0.39 is 26.1 Å². The van der Waals surface area contributed by atoms with Gasteiger partial charge in [0.05, 0.1) is 0 Å². The highest BCUT2D eigenvalue weighted by Crippen LogP contribution is 2.19. The maximum Gasteiger partial charge on any atom is 0.381 e. The number of primary sulfonamides is 1. The largest absolute Gasteiger partial charge is 0.385 e. The topological polar surface area (TPSA) is 130 Å². The molecule has 1 heterocycles. The molecule has 0 saturated heterocycles. The maximum atomic E-state index is 11.3. The van der Waals surface area contributed by atoms with Crippen LogP contribution in [0.25, 0.3) is 0 Å². The van der Waals surface area contributed by atoms with Gasteiger partial charge >= 0.3 is 5.82 Å². The number of nitrogens with zero attached hydrogens (tertiary/aromatic N) is 3. The summed E-state index contributed by atoms with van der Waals surface area (Å²) in [5, 5.41) is 14.3. The van der Waals surface area contributed by atoms with Crippen LogP contribution in [0.5, 0.6) is 0 Å². The predicted octanol–water partition coefficient (Wildman–Crippen LogP) is -0.385. The summed E-state index contributed by atoms with van der Waals surface area (Å²) in [5.74, 6) is -0.434. The molecule has 0 spiro atoms. The van der Waals surface area contributed by atoms with Gasteiger partial charge in [-0.3, -0.25) is 4.57 Å². The van der Waals surface area contributed by atoms with Gasteiger partial charge in [-0.15, -0.1) is 0 Å². The van der Waals surface area contributed by atoms with Gasteiger partial charge in [-0.1, -0.05) is 0 Å². The standard InChI is InChI=1S/C7H12N4O5S/c1-16-3-2-7(17(8,14)15)10-4-6(9-5-10)11(12)13/h4-5,7H,2-3H2,1H3,(H2,8,14,15). The number of imidazole rings is 1. The van der Waals surface area contributed by atoms with Crippen LogP contribution in [0, 0.1) is 10.1 Å². The lowest BCUT2D eigenvalue weighted by atomic mass is 10.4. The van der Waals surface area contributed by atoms with Crippen LogP contribution >= 0.6 is 0 Å². The van der Waals surface area contributed by atoms with Crippen LogP contribution in [0.4, 0.5) is 5.82 Å². The second-order valence-electron chi connectivity index (χ2n) is 3.26. The molecule has 0 fully saturated rings. The van der Waals surface area contributed by atoms with Crippen LogP contribution in [0.15, 0.2) is 12.5 Å². The normalized spacial score (nSPS) is 13.5. The number of hydrogen-bond acceptors (Lipinski definition) is 6. The fraction of sp³-hybridized carbons (Fsp3) is 0.571. The first-order chi connectivity index (χ1) is 7.86. The van der Waals surface area contributed by atoms with Crippen LogP contribution in [-0.4, -0.2) is 36.6 Å². The Labute approximate surface area is 97.4 Å². The van der Waals surface area contributed by atoms with E-state index in [1.165, 1.54) is 7.11 Å². The number of ether oxygens (including phenoxy) is 1. The van der Waals surface area contributed by atoms with Crippen LogP contribution in [-0.2, 0) is 14.8 Å². The Bertz CT molecular complexity index is 496. The predicted molar refractivity (Wildman–Crippen MR) is 57.5 cm³/mol. The Hall–Kier alpha value is -1.52. The van der Waals surface area contributed by atoms with Gasteiger partial charge in [-0.05, 0) is 9.91 Å². The second kappa shape index (κ2) is 5.21. The molecule has 0 aliphatic carbocycles. The fourth-order valence-corrected chi connectivity index (χ4v) is 2.16. The molecule has 0 radical (unpaired) electrons. The smallest absolute Gasteiger partial charge is 0.381 e. The summed E-state index contributed by atoms with van der Waals surface area (Å²) in [6.07, 6.45) is 2.16. The van der Waals surface area contributed by atoms with E-state index in [0.717, 1.165) is 17.1 Å². The highest BCUT2D eigenvalue weighted by molar-refractivity contribution is 7.89. The molecule has 96 valence electrons. The minimum Gasteiger partial charge on any atom is -0.385 e. The van der Waals surface area contributed by atoms with Crippen molar-refractivity contribution in [3.8, 4) is 0 Å². The third-order valence-corrected chi connectivity index (χ3v) is 3.29. The van der Waals surface area contributed by atoms with Crippen molar-refractivity contribution in [2.24, 2.45) is 5.14 Å². The average Bonchev–Trinajstić information content (AvgIpc) is 2.65. The molecule has 1 aromatic heterocycles. The number of aromatic nitrogens is 2. The number of rotatable bonds is 6. The molecule has 17 heavy (non-hydrogen) atoms. The van der Waals surface area contributed by atoms with Crippen molar-refractivity contribution in [2.45, 2.75) is 11.8 Å². The monoisotopic (exact) mass is 264 g/mol. The van der Waals surface area contributed by atoms with Gasteiger partial charge in [0, 0.05) is 20.1 Å². The lowest BCUT2D eigenvalue weighted by molar-refractivity contribution is -0.389. The number of sulfonamides is 1. The third-order valence-electron chi connectivity index (χ3n) is 2.06. The lowest BCUT2D eigenvalue weighted by Crippen LogP contribution is -2.27. The summed E-state index contributed by atoms with van der Waals surface area (Å²) in [4.78, 5) is 13.2. The van der Waals surface area contributed by atoms with Crippen molar-refractivity contribution in [3.05, 3.63) is 22.6 Å². The summed E-state index contributed by atoms with van der Waals surface area (Å²) < 4.78 is 28.5. The summed E-state index contributed by atoms with van der Waals surface area (Å²) in [6.45, 7) is 0.160. The Balaban J connectivity index is 3.00. The van der Waals surface area contributed by atoms with Crippen molar-refractivity contribution in [1.29, 1.82) is 0 Å². The molecule has 1 atom stereocenters. The Kier molecular flexibility index (Phi) is 4.15. The summed E-state index contributed by atoms with van der Waals surface area (Å²) >= 11 is 0. The SMILES string of the molecule is COCCC(n1cnc([N+](=O)[O-])c1)S(N)(=O)=O. The quantitative estimate of drug-likeness (QED) is 0.550. The Morgan fingerprint density at radius 2 is 2.35 bits per heavy atom. The highest BCUT2D eigenvalue weighted by atomic mass is 32.2. The van der Waals surface area contributed by atoms with Gasteiger partial charge in [0.1, 0.15) is 6.20 Å². The van der Waals surface area contributed by atoms with Gasteiger partial charge in [-0.2, -0.15) is 0 Å². The highest BCUT2D eigenvalue weighted by Gasteiger charge is 2.25. The van der Waals surface area contributed by atoms with Crippen molar-refractivity contribution < 1.29 is 18.1 Å². The first-order valence-corrected chi connectivity index (χ1v) is 6.15. The van der Waals surface area contributed by atoms with Gasteiger partial charge in [-0.25, -0.2) is 13.6 Å². The molecular formula is C7H12N4O5S. The molecule has 0 bridgehead atoms. The number of nitrogens with two attached hydrogens (primary N) is 1. The minimum absolute atomic E-state index is 0.0862. The molecule has 0 aliphatic heterocycles. The zero-order chi connectivity index (χ0) is 13.1. The van der Waals surface area contributed by atoms with Crippen molar-refractivity contribution in [1.82, 2.24) is 9.55 Å². The maximum absolute atomic E-state index is 11.3. The van der Waals surface area contributed by atoms with Crippen molar-refractivity contribution >= 4 is 15.8 Å². The van der Waals surface area contributed by atoms with E-state index in [1.54, 1.807) is 0 Å². The molecule has 1 aromatic rings. The van der Waals surface area contributed by atoms with E-state index in [9.17, 15) is 18.5 Å². The van der Waals surface area contributed by atoms with Crippen molar-refractivity contribution in [2.75, 3.05) is 13.7 Å². The van der Waals surface area contributed by atoms with Crippen LogP contribution in [0.2, 0.25) is 0 Å². The van der Waals surface area contributed by atoms with Crippen LogP contribution in [0.1, 0.15) is 11.8 Å².